The lowest BCUT2D eigenvalue weighted by atomic mass is 10.00. The van der Waals surface area contributed by atoms with E-state index < -0.39 is 5.97 Å². The Kier molecular flexibility index (Phi) is 14.6. The smallest absolute Gasteiger partial charge is 0.303 e. The average molecular weight is 311 g/mol. The lowest BCUT2D eigenvalue weighted by Crippen LogP contribution is -1.93. The highest BCUT2D eigenvalue weighted by atomic mass is 16.4. The van der Waals surface area contributed by atoms with Crippen LogP contribution < -0.4 is 0 Å². The Morgan fingerprint density at radius 1 is 0.773 bits per heavy atom. The Morgan fingerprint density at radius 2 is 1.18 bits per heavy atom. The molecule has 2 nitrogen and oxygen atoms in total. The first-order valence-corrected chi connectivity index (χ1v) is 9.40. The molecule has 0 radical (unpaired) electrons. The molecular weight excluding hydrogens is 272 g/mol. The highest BCUT2D eigenvalue weighted by molar-refractivity contribution is 5.66. The first-order chi connectivity index (χ1) is 10.5. The number of carbonyl (C=O) groups is 1. The van der Waals surface area contributed by atoms with Gasteiger partial charge in [0.15, 0.2) is 0 Å². The quantitative estimate of drug-likeness (QED) is 0.253. The predicted molar refractivity (Wildman–Crippen MR) is 96.3 cm³/mol. The molecule has 0 aliphatic carbocycles. The number of unbranched alkanes of at least 4 members (excludes halogenated alkanes) is 8. The van der Waals surface area contributed by atoms with Crippen LogP contribution in [0, 0.1) is 5.92 Å². The zero-order valence-corrected chi connectivity index (χ0v) is 15.0. The molecule has 0 aliphatic rings. The van der Waals surface area contributed by atoms with Gasteiger partial charge in [-0.05, 0) is 38.0 Å². The van der Waals surface area contributed by atoms with Gasteiger partial charge in [-0.3, -0.25) is 4.79 Å². The maximum atomic E-state index is 10.4. The van der Waals surface area contributed by atoms with E-state index in [1.807, 2.05) is 0 Å². The van der Waals surface area contributed by atoms with Crippen molar-refractivity contribution in [2.75, 3.05) is 0 Å². The van der Waals surface area contributed by atoms with Crippen molar-refractivity contribution in [3.05, 3.63) is 12.2 Å². The Labute approximate surface area is 138 Å². The van der Waals surface area contributed by atoms with Gasteiger partial charge in [-0.25, -0.2) is 0 Å². The van der Waals surface area contributed by atoms with E-state index >= 15 is 0 Å². The van der Waals surface area contributed by atoms with Crippen molar-refractivity contribution < 1.29 is 9.90 Å². The molecule has 0 saturated carbocycles. The first kappa shape index (κ1) is 21.2. The third kappa shape index (κ3) is 17.3. The Morgan fingerprint density at radius 3 is 1.64 bits per heavy atom. The SMILES string of the molecule is C=C(CCCCCCCC(=O)O)CCCCCCCC(C)C. The Balaban J connectivity index is 3.21. The van der Waals surface area contributed by atoms with E-state index in [1.165, 1.54) is 63.4 Å². The maximum Gasteiger partial charge on any atom is 0.303 e. The number of carboxylic acids is 1. The van der Waals surface area contributed by atoms with E-state index in [-0.39, 0.29) is 0 Å². The minimum atomic E-state index is -0.669. The molecule has 0 saturated heterocycles. The fourth-order valence-electron chi connectivity index (χ4n) is 2.76. The number of allylic oxidation sites excluding steroid dienone is 1. The van der Waals surface area contributed by atoms with Crippen molar-refractivity contribution in [2.45, 2.75) is 104 Å². The molecule has 0 aliphatic heterocycles. The molecule has 1 N–H and O–H groups in total. The van der Waals surface area contributed by atoms with Gasteiger partial charge in [-0.15, -0.1) is 0 Å². The number of rotatable bonds is 16. The zero-order chi connectivity index (χ0) is 16.6. The normalized spacial score (nSPS) is 11.0. The highest BCUT2D eigenvalue weighted by Gasteiger charge is 1.99. The molecule has 0 rings (SSSR count). The second-order valence-electron chi connectivity index (χ2n) is 7.11. The molecule has 130 valence electrons. The van der Waals surface area contributed by atoms with Crippen LogP contribution in [0.3, 0.4) is 0 Å². The van der Waals surface area contributed by atoms with Crippen molar-refractivity contribution in [2.24, 2.45) is 5.92 Å². The van der Waals surface area contributed by atoms with E-state index in [0.717, 1.165) is 31.6 Å². The van der Waals surface area contributed by atoms with E-state index in [1.54, 1.807) is 0 Å². The molecule has 0 aromatic carbocycles. The number of hydrogen-bond donors (Lipinski definition) is 1. The van der Waals surface area contributed by atoms with Crippen LogP contribution in [0.4, 0.5) is 0 Å². The van der Waals surface area contributed by atoms with E-state index in [9.17, 15) is 4.79 Å². The minimum Gasteiger partial charge on any atom is -0.481 e. The zero-order valence-electron chi connectivity index (χ0n) is 15.0. The van der Waals surface area contributed by atoms with Gasteiger partial charge in [0.25, 0.3) is 0 Å². The van der Waals surface area contributed by atoms with Gasteiger partial charge < -0.3 is 5.11 Å². The third-order valence-electron chi connectivity index (χ3n) is 4.23. The van der Waals surface area contributed by atoms with Crippen LogP contribution in [0.25, 0.3) is 0 Å². The molecule has 0 bridgehead atoms. The van der Waals surface area contributed by atoms with Crippen molar-refractivity contribution >= 4 is 5.97 Å². The van der Waals surface area contributed by atoms with E-state index in [4.69, 9.17) is 5.11 Å². The molecule has 0 unspecified atom stereocenters. The van der Waals surface area contributed by atoms with Crippen LogP contribution in [0.1, 0.15) is 104 Å². The molecule has 0 aromatic rings. The van der Waals surface area contributed by atoms with Crippen molar-refractivity contribution in [1.29, 1.82) is 0 Å². The van der Waals surface area contributed by atoms with Crippen LogP contribution >= 0.6 is 0 Å². The molecule has 0 atom stereocenters. The summed E-state index contributed by atoms with van der Waals surface area (Å²) in [5.41, 5.74) is 1.41. The van der Waals surface area contributed by atoms with Crippen molar-refractivity contribution in [3.8, 4) is 0 Å². The van der Waals surface area contributed by atoms with E-state index in [2.05, 4.69) is 20.4 Å². The van der Waals surface area contributed by atoms with Gasteiger partial charge in [0.1, 0.15) is 0 Å². The third-order valence-corrected chi connectivity index (χ3v) is 4.23. The Hall–Kier alpha value is -0.790. The molecular formula is C20H38O2. The summed E-state index contributed by atoms with van der Waals surface area (Å²) in [4.78, 5) is 10.4. The lowest BCUT2D eigenvalue weighted by molar-refractivity contribution is -0.137. The van der Waals surface area contributed by atoms with Crippen LogP contribution in [-0.2, 0) is 4.79 Å². The number of aliphatic carboxylic acids is 1. The second-order valence-corrected chi connectivity index (χ2v) is 7.11. The van der Waals surface area contributed by atoms with Crippen LogP contribution in [-0.4, -0.2) is 11.1 Å². The standard InChI is InChI=1S/C20H38O2/c1-18(2)14-10-6-4-7-11-15-19(3)16-12-8-5-9-13-17-20(21)22/h18H,3-17H2,1-2H3,(H,21,22). The van der Waals surface area contributed by atoms with E-state index in [0.29, 0.717) is 6.42 Å². The number of hydrogen-bond acceptors (Lipinski definition) is 1. The summed E-state index contributed by atoms with van der Waals surface area (Å²) >= 11 is 0. The summed E-state index contributed by atoms with van der Waals surface area (Å²) in [6, 6.07) is 0. The topological polar surface area (TPSA) is 37.3 Å². The minimum absolute atomic E-state index is 0.323. The molecule has 0 fully saturated rings. The Bertz CT molecular complexity index is 281. The van der Waals surface area contributed by atoms with Crippen LogP contribution in [0.5, 0.6) is 0 Å². The molecule has 2 heteroatoms. The molecule has 22 heavy (non-hydrogen) atoms. The van der Waals surface area contributed by atoms with Gasteiger partial charge in [-0.2, -0.15) is 0 Å². The molecule has 0 amide bonds. The van der Waals surface area contributed by atoms with Gasteiger partial charge in [0.2, 0.25) is 0 Å². The van der Waals surface area contributed by atoms with Crippen molar-refractivity contribution in [3.63, 3.8) is 0 Å². The summed E-state index contributed by atoms with van der Waals surface area (Å²) in [6.07, 6.45) is 16.3. The van der Waals surface area contributed by atoms with Gasteiger partial charge in [0.05, 0.1) is 0 Å². The summed E-state index contributed by atoms with van der Waals surface area (Å²) in [5, 5.41) is 8.55. The highest BCUT2D eigenvalue weighted by Crippen LogP contribution is 2.17. The summed E-state index contributed by atoms with van der Waals surface area (Å²) in [6.45, 7) is 8.79. The monoisotopic (exact) mass is 310 g/mol. The van der Waals surface area contributed by atoms with Gasteiger partial charge in [-0.1, -0.05) is 77.4 Å². The van der Waals surface area contributed by atoms with Crippen molar-refractivity contribution in [1.82, 2.24) is 0 Å². The summed E-state index contributed by atoms with van der Waals surface area (Å²) in [7, 11) is 0. The molecule has 0 aromatic heterocycles. The first-order valence-electron chi connectivity index (χ1n) is 9.40. The van der Waals surface area contributed by atoms with Crippen LogP contribution in [0.2, 0.25) is 0 Å². The number of carboxylic acid groups (broad SMARTS) is 1. The summed E-state index contributed by atoms with van der Waals surface area (Å²) in [5.74, 6) is 0.182. The van der Waals surface area contributed by atoms with Gasteiger partial charge >= 0.3 is 5.97 Å². The summed E-state index contributed by atoms with van der Waals surface area (Å²) < 4.78 is 0. The maximum absolute atomic E-state index is 10.4. The van der Waals surface area contributed by atoms with Crippen LogP contribution in [0.15, 0.2) is 12.2 Å². The second kappa shape index (κ2) is 15.1. The fraction of sp³-hybridized carbons (Fsp3) is 0.850. The lowest BCUT2D eigenvalue weighted by Gasteiger charge is -2.07. The van der Waals surface area contributed by atoms with Gasteiger partial charge in [0, 0.05) is 6.42 Å². The average Bonchev–Trinajstić information content (AvgIpc) is 2.44. The predicted octanol–water partition coefficient (Wildman–Crippen LogP) is 6.74. The molecule has 0 heterocycles. The largest absolute Gasteiger partial charge is 0.481 e. The molecule has 0 spiro atoms. The fourth-order valence-corrected chi connectivity index (χ4v) is 2.76.